The quantitative estimate of drug-likeness (QED) is 0.402. The summed E-state index contributed by atoms with van der Waals surface area (Å²) in [6, 6.07) is -0.309. The molecule has 3 N–H and O–H groups in total. The Morgan fingerprint density at radius 2 is 1.90 bits per heavy atom. The van der Waals surface area contributed by atoms with Crippen LogP contribution in [0.5, 0.6) is 0 Å². The number of hydrogen-bond acceptors (Lipinski definition) is 2. The predicted octanol–water partition coefficient (Wildman–Crippen LogP) is -1.41. The smallest absolute Gasteiger partial charge is 0.314 e. The first-order valence-electron chi connectivity index (χ1n) is 3.06. The summed E-state index contributed by atoms with van der Waals surface area (Å²) in [5.74, 6) is 0. The largest absolute Gasteiger partial charge is 0.351 e. The zero-order valence-electron chi connectivity index (χ0n) is 6.26. The van der Waals surface area contributed by atoms with Gasteiger partial charge in [0, 0.05) is 45.0 Å². The summed E-state index contributed by atoms with van der Waals surface area (Å²) in [6.07, 6.45) is 0. The Balaban J connectivity index is 0.000000810. The summed E-state index contributed by atoms with van der Waals surface area (Å²) in [6.45, 7) is 3.22. The second kappa shape index (κ2) is 4.61. The molecule has 1 aliphatic heterocycles. The van der Waals surface area contributed by atoms with Crippen LogP contribution in [-0.2, 0) is 0 Å². The molecular weight excluding hydrogens is 125 g/mol. The SMILES string of the molecule is NC(=O)N1CCNCC1.[Li]. The van der Waals surface area contributed by atoms with Gasteiger partial charge in [-0.15, -0.1) is 0 Å². The van der Waals surface area contributed by atoms with Crippen LogP contribution in [-0.4, -0.2) is 56.0 Å². The molecule has 10 heavy (non-hydrogen) atoms. The number of nitrogens with one attached hydrogen (secondary N) is 1. The molecule has 1 saturated heterocycles. The molecule has 0 aliphatic carbocycles. The average molecular weight is 136 g/mol. The predicted molar refractivity (Wildman–Crippen MR) is 39.8 cm³/mol. The molecule has 2 amide bonds. The summed E-state index contributed by atoms with van der Waals surface area (Å²) in [5, 5.41) is 3.12. The van der Waals surface area contributed by atoms with E-state index in [9.17, 15) is 4.79 Å². The van der Waals surface area contributed by atoms with Gasteiger partial charge in [-0.05, 0) is 0 Å². The fourth-order valence-corrected chi connectivity index (χ4v) is 0.885. The number of carbonyl (C=O) groups excluding carboxylic acids is 1. The van der Waals surface area contributed by atoms with Crippen molar-refractivity contribution in [2.75, 3.05) is 26.2 Å². The summed E-state index contributed by atoms with van der Waals surface area (Å²) in [7, 11) is 0. The molecule has 0 aromatic carbocycles. The van der Waals surface area contributed by atoms with Crippen LogP contribution < -0.4 is 11.1 Å². The Hall–Kier alpha value is -0.173. The first-order chi connectivity index (χ1) is 4.30. The molecule has 1 fully saturated rings. The molecule has 1 heterocycles. The van der Waals surface area contributed by atoms with E-state index in [0.717, 1.165) is 26.2 Å². The minimum absolute atomic E-state index is 0. The molecule has 1 aliphatic rings. The van der Waals surface area contributed by atoms with Crippen LogP contribution in [0.3, 0.4) is 0 Å². The fourth-order valence-electron chi connectivity index (χ4n) is 0.885. The zero-order chi connectivity index (χ0) is 6.69. The third-order valence-electron chi connectivity index (χ3n) is 1.43. The number of piperazine rings is 1. The maximum absolute atomic E-state index is 10.5. The maximum Gasteiger partial charge on any atom is 0.314 e. The van der Waals surface area contributed by atoms with E-state index in [0.29, 0.717) is 0 Å². The maximum atomic E-state index is 10.5. The van der Waals surface area contributed by atoms with Gasteiger partial charge < -0.3 is 16.0 Å². The summed E-state index contributed by atoms with van der Waals surface area (Å²) >= 11 is 0. The number of primary amides is 1. The molecular formula is C5H11LiN3O. The van der Waals surface area contributed by atoms with Crippen LogP contribution in [0.1, 0.15) is 0 Å². The fraction of sp³-hybridized carbons (Fsp3) is 0.800. The zero-order valence-corrected chi connectivity index (χ0v) is 6.26. The molecule has 0 bridgehead atoms. The van der Waals surface area contributed by atoms with E-state index in [1.54, 1.807) is 4.90 Å². The van der Waals surface area contributed by atoms with Crippen LogP contribution in [0.25, 0.3) is 0 Å². The second-order valence-corrected chi connectivity index (χ2v) is 2.08. The van der Waals surface area contributed by atoms with Gasteiger partial charge in [0.15, 0.2) is 0 Å². The summed E-state index contributed by atoms with van der Waals surface area (Å²) < 4.78 is 0. The molecule has 5 heteroatoms. The molecule has 4 nitrogen and oxygen atoms in total. The molecule has 1 rings (SSSR count). The van der Waals surface area contributed by atoms with E-state index >= 15 is 0 Å². The van der Waals surface area contributed by atoms with Crippen LogP contribution in [0.2, 0.25) is 0 Å². The van der Waals surface area contributed by atoms with Gasteiger partial charge in [-0.3, -0.25) is 0 Å². The molecule has 0 saturated carbocycles. The number of carbonyl (C=O) groups is 1. The van der Waals surface area contributed by atoms with E-state index in [-0.39, 0.29) is 24.9 Å². The van der Waals surface area contributed by atoms with Gasteiger partial charge in [0.2, 0.25) is 0 Å². The minimum Gasteiger partial charge on any atom is -0.351 e. The van der Waals surface area contributed by atoms with Gasteiger partial charge in [-0.1, -0.05) is 0 Å². The molecule has 0 unspecified atom stereocenters. The second-order valence-electron chi connectivity index (χ2n) is 2.08. The standard InChI is InChI=1S/C5H11N3O.Li/c6-5(9)8-3-1-7-2-4-8;/h7H,1-4H2,(H2,6,9);. The molecule has 0 aromatic heterocycles. The summed E-state index contributed by atoms with van der Waals surface area (Å²) in [5.41, 5.74) is 5.03. The van der Waals surface area contributed by atoms with E-state index < -0.39 is 0 Å². The van der Waals surface area contributed by atoms with E-state index in [4.69, 9.17) is 5.73 Å². The Morgan fingerprint density at radius 3 is 2.20 bits per heavy atom. The minimum atomic E-state index is -0.309. The van der Waals surface area contributed by atoms with Gasteiger partial charge in [0.1, 0.15) is 0 Å². The van der Waals surface area contributed by atoms with Crippen LogP contribution >= 0.6 is 0 Å². The third kappa shape index (κ3) is 2.61. The number of nitrogens with two attached hydrogens (primary N) is 1. The van der Waals surface area contributed by atoms with Gasteiger partial charge in [0.25, 0.3) is 0 Å². The van der Waals surface area contributed by atoms with Gasteiger partial charge in [-0.25, -0.2) is 4.79 Å². The van der Waals surface area contributed by atoms with Crippen molar-refractivity contribution in [3.8, 4) is 0 Å². The third-order valence-corrected chi connectivity index (χ3v) is 1.43. The van der Waals surface area contributed by atoms with Crippen molar-refractivity contribution >= 4 is 24.9 Å². The van der Waals surface area contributed by atoms with Crippen molar-refractivity contribution in [3.05, 3.63) is 0 Å². The van der Waals surface area contributed by atoms with E-state index in [1.807, 2.05) is 0 Å². The number of nitrogens with zero attached hydrogens (tertiary/aromatic N) is 1. The van der Waals surface area contributed by atoms with Crippen molar-refractivity contribution in [1.29, 1.82) is 0 Å². The Labute approximate surface area is 72.3 Å². The number of amides is 2. The first kappa shape index (κ1) is 9.83. The Kier molecular flexibility index (Phi) is 4.53. The van der Waals surface area contributed by atoms with Crippen molar-refractivity contribution < 1.29 is 4.79 Å². The number of hydrogen-bond donors (Lipinski definition) is 2. The van der Waals surface area contributed by atoms with Crippen LogP contribution in [0.4, 0.5) is 4.79 Å². The number of urea groups is 1. The topological polar surface area (TPSA) is 58.4 Å². The van der Waals surface area contributed by atoms with Gasteiger partial charge >= 0.3 is 6.03 Å². The molecule has 53 valence electrons. The molecule has 0 atom stereocenters. The molecule has 0 spiro atoms. The van der Waals surface area contributed by atoms with Crippen molar-refractivity contribution in [1.82, 2.24) is 10.2 Å². The van der Waals surface area contributed by atoms with Crippen molar-refractivity contribution in [2.24, 2.45) is 5.73 Å². The van der Waals surface area contributed by atoms with E-state index in [1.165, 1.54) is 0 Å². The van der Waals surface area contributed by atoms with Crippen molar-refractivity contribution in [3.63, 3.8) is 0 Å². The van der Waals surface area contributed by atoms with E-state index in [2.05, 4.69) is 5.32 Å². The van der Waals surface area contributed by atoms with Gasteiger partial charge in [0.05, 0.1) is 0 Å². The Bertz CT molecular complexity index is 113. The van der Waals surface area contributed by atoms with Crippen LogP contribution in [0.15, 0.2) is 0 Å². The normalized spacial score (nSPS) is 17.8. The Morgan fingerprint density at radius 1 is 1.40 bits per heavy atom. The summed E-state index contributed by atoms with van der Waals surface area (Å²) in [4.78, 5) is 12.1. The molecule has 0 aromatic rings. The number of rotatable bonds is 0. The van der Waals surface area contributed by atoms with Crippen molar-refractivity contribution in [2.45, 2.75) is 0 Å². The van der Waals surface area contributed by atoms with Crippen LogP contribution in [0, 0.1) is 0 Å². The average Bonchev–Trinajstić information content (AvgIpc) is 1.90. The monoisotopic (exact) mass is 136 g/mol. The first-order valence-corrected chi connectivity index (χ1v) is 3.06. The molecule has 1 radical (unpaired) electrons. The van der Waals surface area contributed by atoms with Gasteiger partial charge in [-0.2, -0.15) is 0 Å².